The Balaban J connectivity index is 0.000000204. The predicted molar refractivity (Wildman–Crippen MR) is 81.1 cm³/mol. The summed E-state index contributed by atoms with van der Waals surface area (Å²) in [5.41, 5.74) is 1.88. The van der Waals surface area contributed by atoms with E-state index in [2.05, 4.69) is 0 Å². The van der Waals surface area contributed by atoms with E-state index >= 15 is 0 Å². The molecule has 5 heteroatoms. The van der Waals surface area contributed by atoms with Crippen LogP contribution in [0.4, 0.5) is 0 Å². The fourth-order valence-corrected chi connectivity index (χ4v) is 1.69. The normalized spacial score (nSPS) is 9.60. The van der Waals surface area contributed by atoms with Gasteiger partial charge in [-0.25, -0.2) is 0 Å². The Morgan fingerprint density at radius 2 is 1.55 bits per heavy atom. The number of hydrogen-bond acceptors (Lipinski definition) is 3. The molecule has 0 fully saturated rings. The second-order valence-electron chi connectivity index (χ2n) is 4.21. The van der Waals surface area contributed by atoms with Crippen molar-refractivity contribution in [3.05, 3.63) is 57.1 Å². The number of aryl methyl sites for hydroxylation is 2. The van der Waals surface area contributed by atoms with E-state index in [4.69, 9.17) is 33.4 Å². The number of hydrogen-bond donors (Lipinski definition) is 2. The third-order valence-corrected chi connectivity index (χ3v) is 3.41. The van der Waals surface area contributed by atoms with Crippen LogP contribution in [0.1, 0.15) is 21.5 Å². The molecule has 106 valence electrons. The number of aldehydes is 1. The molecule has 0 heterocycles. The molecule has 0 atom stereocenters. The van der Waals surface area contributed by atoms with Gasteiger partial charge in [0.15, 0.2) is 6.29 Å². The largest absolute Gasteiger partial charge is 0.508 e. The molecule has 2 rings (SSSR count). The van der Waals surface area contributed by atoms with Crippen molar-refractivity contribution in [2.45, 2.75) is 13.8 Å². The maximum atomic E-state index is 10.3. The number of aromatic hydroxyl groups is 2. The Bertz CT molecular complexity index is 625. The lowest BCUT2D eigenvalue weighted by atomic mass is 10.1. The van der Waals surface area contributed by atoms with Gasteiger partial charge in [-0.2, -0.15) is 0 Å². The van der Waals surface area contributed by atoms with E-state index in [1.54, 1.807) is 25.1 Å². The molecule has 0 saturated heterocycles. The highest BCUT2D eigenvalue weighted by molar-refractivity contribution is 6.31. The molecule has 0 aliphatic carbocycles. The van der Waals surface area contributed by atoms with Crippen molar-refractivity contribution in [1.82, 2.24) is 0 Å². The van der Waals surface area contributed by atoms with Gasteiger partial charge in [0.25, 0.3) is 0 Å². The van der Waals surface area contributed by atoms with Crippen molar-refractivity contribution in [3.63, 3.8) is 0 Å². The molecule has 0 unspecified atom stereocenters. The van der Waals surface area contributed by atoms with Crippen molar-refractivity contribution >= 4 is 29.5 Å². The number of carbonyl (C=O) groups is 1. The zero-order chi connectivity index (χ0) is 15.3. The number of phenolic OH excluding ortho intramolecular Hbond substituents is 2. The van der Waals surface area contributed by atoms with Crippen LogP contribution in [-0.4, -0.2) is 16.5 Å². The van der Waals surface area contributed by atoms with Crippen LogP contribution in [0, 0.1) is 13.8 Å². The van der Waals surface area contributed by atoms with Gasteiger partial charge in [-0.3, -0.25) is 4.79 Å². The summed E-state index contributed by atoms with van der Waals surface area (Å²) < 4.78 is 0. The molecule has 2 aromatic carbocycles. The summed E-state index contributed by atoms with van der Waals surface area (Å²) in [6, 6.07) is 7.77. The van der Waals surface area contributed by atoms with Gasteiger partial charge in [0.1, 0.15) is 11.5 Å². The summed E-state index contributed by atoms with van der Waals surface area (Å²) in [6.07, 6.45) is 0.570. The number of benzene rings is 2. The smallest absolute Gasteiger partial charge is 0.153 e. The number of phenols is 2. The van der Waals surface area contributed by atoms with Crippen LogP contribution in [0.2, 0.25) is 10.0 Å². The van der Waals surface area contributed by atoms with E-state index in [1.165, 1.54) is 12.1 Å². The fourth-order valence-electron chi connectivity index (χ4n) is 1.40. The maximum Gasteiger partial charge on any atom is 0.153 e. The molecule has 0 saturated carbocycles. The molecule has 0 spiro atoms. The van der Waals surface area contributed by atoms with E-state index in [0.717, 1.165) is 11.1 Å². The Morgan fingerprint density at radius 3 is 2.05 bits per heavy atom. The van der Waals surface area contributed by atoms with Gasteiger partial charge >= 0.3 is 0 Å². The zero-order valence-corrected chi connectivity index (χ0v) is 12.5. The number of carbonyl (C=O) groups excluding carboxylic acids is 1. The first-order valence-corrected chi connectivity index (χ1v) is 6.50. The third-order valence-electron chi connectivity index (χ3n) is 2.58. The first-order valence-electron chi connectivity index (χ1n) is 5.74. The van der Waals surface area contributed by atoms with E-state index in [0.29, 0.717) is 16.3 Å². The fraction of sp³-hybridized carbons (Fsp3) is 0.133. The van der Waals surface area contributed by atoms with Crippen molar-refractivity contribution in [2.75, 3.05) is 0 Å². The average molecular weight is 313 g/mol. The second kappa shape index (κ2) is 7.17. The van der Waals surface area contributed by atoms with Crippen molar-refractivity contribution in [1.29, 1.82) is 0 Å². The lowest BCUT2D eigenvalue weighted by molar-refractivity contribution is 0.112. The van der Waals surface area contributed by atoms with E-state index in [1.807, 2.05) is 6.92 Å². The Labute approximate surface area is 127 Å². The van der Waals surface area contributed by atoms with Crippen LogP contribution < -0.4 is 0 Å². The molecule has 2 N–H and O–H groups in total. The highest BCUT2D eigenvalue weighted by Crippen LogP contribution is 2.23. The van der Waals surface area contributed by atoms with Crippen LogP contribution in [0.15, 0.2) is 30.3 Å². The van der Waals surface area contributed by atoms with Crippen LogP contribution >= 0.6 is 23.2 Å². The van der Waals surface area contributed by atoms with E-state index in [9.17, 15) is 4.79 Å². The first-order chi connectivity index (χ1) is 9.35. The van der Waals surface area contributed by atoms with Gasteiger partial charge in [-0.05, 0) is 55.3 Å². The molecule has 0 bridgehead atoms. The summed E-state index contributed by atoms with van der Waals surface area (Å²) in [7, 11) is 0. The minimum Gasteiger partial charge on any atom is -0.508 e. The Morgan fingerprint density at radius 1 is 0.950 bits per heavy atom. The van der Waals surface area contributed by atoms with Crippen LogP contribution in [0.25, 0.3) is 0 Å². The van der Waals surface area contributed by atoms with Gasteiger partial charge in [0, 0.05) is 10.0 Å². The molecule has 0 aliphatic heterocycles. The summed E-state index contributed by atoms with van der Waals surface area (Å²) in [5.74, 6) is 0.235. The lowest BCUT2D eigenvalue weighted by Crippen LogP contribution is -1.83. The summed E-state index contributed by atoms with van der Waals surface area (Å²) in [4.78, 5) is 10.3. The van der Waals surface area contributed by atoms with E-state index in [-0.39, 0.29) is 17.1 Å². The summed E-state index contributed by atoms with van der Waals surface area (Å²) in [5, 5.41) is 19.2. The van der Waals surface area contributed by atoms with Gasteiger partial charge in [-0.15, -0.1) is 0 Å². The topological polar surface area (TPSA) is 57.5 Å². The number of halogens is 2. The quantitative estimate of drug-likeness (QED) is 0.761. The second-order valence-corrected chi connectivity index (χ2v) is 5.03. The van der Waals surface area contributed by atoms with Gasteiger partial charge < -0.3 is 10.2 Å². The average Bonchev–Trinajstić information content (AvgIpc) is 2.39. The molecule has 3 nitrogen and oxygen atoms in total. The van der Waals surface area contributed by atoms with Crippen LogP contribution in [0.5, 0.6) is 11.5 Å². The zero-order valence-electron chi connectivity index (χ0n) is 11.0. The summed E-state index contributed by atoms with van der Waals surface area (Å²) >= 11 is 11.4. The van der Waals surface area contributed by atoms with Crippen molar-refractivity contribution in [2.24, 2.45) is 0 Å². The molecule has 0 amide bonds. The first kappa shape index (κ1) is 16.3. The molecule has 0 aliphatic rings. The molecular formula is C15H14Cl2O3. The number of rotatable bonds is 1. The molecule has 20 heavy (non-hydrogen) atoms. The van der Waals surface area contributed by atoms with Crippen molar-refractivity contribution in [3.8, 4) is 11.5 Å². The standard InChI is InChI=1S/C8H7ClO2.C7H7ClO/c1-5-2-8(11)6(4-10)3-7(5)9;1-5-4-6(9)2-3-7(5)8/h2-4,11H,1H3;2-4,9H,1H3. The lowest BCUT2D eigenvalue weighted by Gasteiger charge is -2.00. The molecule has 0 aromatic heterocycles. The van der Waals surface area contributed by atoms with Gasteiger partial charge in [0.05, 0.1) is 5.56 Å². The highest BCUT2D eigenvalue weighted by Gasteiger charge is 2.02. The minimum absolute atomic E-state index is 0.0260. The SMILES string of the molecule is Cc1cc(O)c(C=O)cc1Cl.Cc1cc(O)ccc1Cl. The monoisotopic (exact) mass is 312 g/mol. The third kappa shape index (κ3) is 4.44. The molecule has 0 radical (unpaired) electrons. The highest BCUT2D eigenvalue weighted by atomic mass is 35.5. The van der Waals surface area contributed by atoms with Gasteiger partial charge in [-0.1, -0.05) is 23.2 Å². The van der Waals surface area contributed by atoms with E-state index < -0.39 is 0 Å². The molecule has 2 aromatic rings. The van der Waals surface area contributed by atoms with Crippen LogP contribution in [0.3, 0.4) is 0 Å². The minimum atomic E-state index is -0.0260. The Kier molecular flexibility index (Phi) is 5.86. The van der Waals surface area contributed by atoms with Crippen molar-refractivity contribution < 1.29 is 15.0 Å². The maximum absolute atomic E-state index is 10.3. The van der Waals surface area contributed by atoms with Gasteiger partial charge in [0.2, 0.25) is 0 Å². The predicted octanol–water partition coefficient (Wildman–Crippen LogP) is 4.52. The van der Waals surface area contributed by atoms with Crippen LogP contribution in [-0.2, 0) is 0 Å². The Hall–Kier alpha value is -1.71. The summed E-state index contributed by atoms with van der Waals surface area (Å²) in [6.45, 7) is 3.61. The molecular weight excluding hydrogens is 299 g/mol.